The molecule has 0 spiro atoms. The van der Waals surface area contributed by atoms with Crippen LogP contribution in [0.2, 0.25) is 0 Å². The maximum absolute atomic E-state index is 11.3. The molecular weight excluding hydrogens is 226 g/mol. The lowest BCUT2D eigenvalue weighted by molar-refractivity contribution is -0.143. The SMILES string of the molecule is CCOC(=O)CCC1CCN(Cl)CC1CC. The van der Waals surface area contributed by atoms with Gasteiger partial charge in [-0.15, -0.1) is 0 Å². The Labute approximate surface area is 103 Å². The summed E-state index contributed by atoms with van der Waals surface area (Å²) in [6.45, 7) is 6.41. The quantitative estimate of drug-likeness (QED) is 0.553. The van der Waals surface area contributed by atoms with Crippen LogP contribution in [0.15, 0.2) is 0 Å². The molecule has 3 nitrogen and oxygen atoms in total. The molecule has 16 heavy (non-hydrogen) atoms. The van der Waals surface area contributed by atoms with E-state index in [2.05, 4.69) is 6.92 Å². The number of esters is 1. The largest absolute Gasteiger partial charge is 0.466 e. The Kier molecular flexibility index (Phi) is 6.14. The first-order chi connectivity index (χ1) is 7.67. The third-order valence-electron chi connectivity index (χ3n) is 3.39. The molecule has 1 saturated heterocycles. The van der Waals surface area contributed by atoms with Gasteiger partial charge in [0.1, 0.15) is 0 Å². The molecule has 94 valence electrons. The fourth-order valence-electron chi connectivity index (χ4n) is 2.42. The first-order valence-corrected chi connectivity index (χ1v) is 6.57. The van der Waals surface area contributed by atoms with Crippen molar-refractivity contribution < 1.29 is 9.53 Å². The molecule has 4 heteroatoms. The molecule has 0 aromatic heterocycles. The van der Waals surface area contributed by atoms with Gasteiger partial charge in [-0.1, -0.05) is 13.3 Å². The number of halogens is 1. The fourth-order valence-corrected chi connectivity index (χ4v) is 2.69. The molecule has 2 unspecified atom stereocenters. The Morgan fingerprint density at radius 3 is 2.81 bits per heavy atom. The van der Waals surface area contributed by atoms with E-state index in [9.17, 15) is 4.79 Å². The summed E-state index contributed by atoms with van der Waals surface area (Å²) in [4.78, 5) is 11.3. The van der Waals surface area contributed by atoms with E-state index >= 15 is 0 Å². The monoisotopic (exact) mass is 247 g/mol. The van der Waals surface area contributed by atoms with E-state index in [0.717, 1.165) is 32.4 Å². The van der Waals surface area contributed by atoms with E-state index in [4.69, 9.17) is 16.5 Å². The standard InChI is InChI=1S/C12H22ClNO2/c1-3-10-9-14(13)8-7-11(10)5-6-12(15)16-4-2/h10-11H,3-9H2,1-2H3. The topological polar surface area (TPSA) is 29.5 Å². The predicted molar refractivity (Wildman–Crippen MR) is 65.2 cm³/mol. The number of hydrogen-bond acceptors (Lipinski definition) is 3. The van der Waals surface area contributed by atoms with Crippen LogP contribution in [0.1, 0.15) is 39.5 Å². The molecule has 0 bridgehead atoms. The summed E-state index contributed by atoms with van der Waals surface area (Å²) in [6, 6.07) is 0. The first kappa shape index (κ1) is 13.8. The molecule has 2 atom stereocenters. The molecule has 0 aromatic rings. The number of carbonyl (C=O) groups excluding carboxylic acids is 1. The Morgan fingerprint density at radius 1 is 1.44 bits per heavy atom. The molecule has 0 amide bonds. The van der Waals surface area contributed by atoms with Crippen molar-refractivity contribution in [3.05, 3.63) is 0 Å². The molecule has 0 aliphatic carbocycles. The molecule has 1 aliphatic rings. The highest BCUT2D eigenvalue weighted by Crippen LogP contribution is 2.30. The summed E-state index contributed by atoms with van der Waals surface area (Å²) < 4.78 is 6.82. The van der Waals surface area contributed by atoms with Gasteiger partial charge < -0.3 is 4.74 Å². The predicted octanol–water partition coefficient (Wildman–Crippen LogP) is 2.83. The van der Waals surface area contributed by atoms with Crippen LogP contribution < -0.4 is 0 Å². The van der Waals surface area contributed by atoms with Crippen LogP contribution in [-0.4, -0.2) is 30.1 Å². The zero-order valence-electron chi connectivity index (χ0n) is 10.2. The Morgan fingerprint density at radius 2 is 2.19 bits per heavy atom. The number of carbonyl (C=O) groups is 1. The van der Waals surface area contributed by atoms with Gasteiger partial charge in [-0.3, -0.25) is 4.79 Å². The van der Waals surface area contributed by atoms with Gasteiger partial charge in [0.25, 0.3) is 0 Å². The Bertz CT molecular complexity index is 223. The number of piperidine rings is 1. The lowest BCUT2D eigenvalue weighted by Gasteiger charge is -2.34. The van der Waals surface area contributed by atoms with Gasteiger partial charge in [-0.25, -0.2) is 4.42 Å². The van der Waals surface area contributed by atoms with Gasteiger partial charge in [-0.2, -0.15) is 0 Å². The first-order valence-electron chi connectivity index (χ1n) is 6.23. The van der Waals surface area contributed by atoms with Crippen LogP contribution in [0, 0.1) is 11.8 Å². The minimum atomic E-state index is -0.0642. The van der Waals surface area contributed by atoms with E-state index in [1.807, 2.05) is 11.3 Å². The average Bonchev–Trinajstić information content (AvgIpc) is 2.27. The highest BCUT2D eigenvalue weighted by molar-refractivity contribution is 6.13. The molecular formula is C12H22ClNO2. The number of hydrogen-bond donors (Lipinski definition) is 0. The maximum Gasteiger partial charge on any atom is 0.305 e. The Hall–Kier alpha value is -0.280. The minimum Gasteiger partial charge on any atom is -0.466 e. The van der Waals surface area contributed by atoms with Gasteiger partial charge in [0.05, 0.1) is 6.61 Å². The second-order valence-electron chi connectivity index (χ2n) is 4.43. The van der Waals surface area contributed by atoms with Crippen molar-refractivity contribution in [2.75, 3.05) is 19.7 Å². The maximum atomic E-state index is 11.3. The fraction of sp³-hybridized carbons (Fsp3) is 0.917. The zero-order chi connectivity index (χ0) is 12.0. The van der Waals surface area contributed by atoms with Crippen LogP contribution >= 0.6 is 11.8 Å². The normalized spacial score (nSPS) is 26.7. The summed E-state index contributed by atoms with van der Waals surface area (Å²) in [5.74, 6) is 1.19. The number of rotatable bonds is 5. The average molecular weight is 248 g/mol. The van der Waals surface area contributed by atoms with E-state index in [1.54, 1.807) is 0 Å². The zero-order valence-corrected chi connectivity index (χ0v) is 11.0. The Balaban J connectivity index is 2.31. The molecule has 1 fully saturated rings. The summed E-state index contributed by atoms with van der Waals surface area (Å²) in [7, 11) is 0. The van der Waals surface area contributed by atoms with Gasteiger partial charge in [-0.05, 0) is 43.4 Å². The molecule has 1 aliphatic heterocycles. The smallest absolute Gasteiger partial charge is 0.305 e. The molecule has 0 saturated carbocycles. The van der Waals surface area contributed by atoms with Crippen molar-refractivity contribution >= 4 is 17.7 Å². The second-order valence-corrected chi connectivity index (χ2v) is 4.91. The number of nitrogens with zero attached hydrogens (tertiary/aromatic N) is 1. The summed E-state index contributed by atoms with van der Waals surface area (Å²) >= 11 is 6.01. The van der Waals surface area contributed by atoms with E-state index in [0.29, 0.717) is 24.9 Å². The third kappa shape index (κ3) is 4.30. The van der Waals surface area contributed by atoms with Crippen LogP contribution in [0.5, 0.6) is 0 Å². The van der Waals surface area contributed by atoms with E-state index in [1.165, 1.54) is 0 Å². The number of ether oxygens (including phenoxy) is 1. The molecule has 0 aromatic carbocycles. The van der Waals surface area contributed by atoms with Crippen molar-refractivity contribution in [1.29, 1.82) is 0 Å². The molecule has 0 radical (unpaired) electrons. The molecule has 1 heterocycles. The van der Waals surface area contributed by atoms with Crippen LogP contribution in [0.25, 0.3) is 0 Å². The summed E-state index contributed by atoms with van der Waals surface area (Å²) in [6.07, 6.45) is 3.73. The van der Waals surface area contributed by atoms with Crippen molar-refractivity contribution in [1.82, 2.24) is 4.42 Å². The lowest BCUT2D eigenvalue weighted by atomic mass is 9.81. The van der Waals surface area contributed by atoms with Crippen molar-refractivity contribution in [2.24, 2.45) is 11.8 Å². The van der Waals surface area contributed by atoms with Crippen molar-refractivity contribution in [3.63, 3.8) is 0 Å². The highest BCUT2D eigenvalue weighted by Gasteiger charge is 2.27. The lowest BCUT2D eigenvalue weighted by Crippen LogP contribution is -2.35. The van der Waals surface area contributed by atoms with E-state index in [-0.39, 0.29) is 5.97 Å². The highest BCUT2D eigenvalue weighted by atomic mass is 35.5. The second kappa shape index (κ2) is 7.13. The van der Waals surface area contributed by atoms with Crippen LogP contribution in [0.3, 0.4) is 0 Å². The van der Waals surface area contributed by atoms with Crippen LogP contribution in [0.4, 0.5) is 0 Å². The summed E-state index contributed by atoms with van der Waals surface area (Å²) in [5.41, 5.74) is 0. The van der Waals surface area contributed by atoms with Gasteiger partial charge in [0.15, 0.2) is 0 Å². The van der Waals surface area contributed by atoms with Gasteiger partial charge in [0.2, 0.25) is 0 Å². The minimum absolute atomic E-state index is 0.0642. The van der Waals surface area contributed by atoms with Gasteiger partial charge in [0, 0.05) is 19.5 Å². The van der Waals surface area contributed by atoms with Crippen molar-refractivity contribution in [3.8, 4) is 0 Å². The van der Waals surface area contributed by atoms with Crippen LogP contribution in [-0.2, 0) is 9.53 Å². The van der Waals surface area contributed by atoms with Crippen molar-refractivity contribution in [2.45, 2.75) is 39.5 Å². The molecule has 1 rings (SSSR count). The third-order valence-corrected chi connectivity index (χ3v) is 3.70. The summed E-state index contributed by atoms with van der Waals surface area (Å²) in [5, 5.41) is 0. The van der Waals surface area contributed by atoms with E-state index < -0.39 is 0 Å². The van der Waals surface area contributed by atoms with Gasteiger partial charge >= 0.3 is 5.97 Å². The molecule has 0 N–H and O–H groups in total.